The van der Waals surface area contributed by atoms with E-state index in [4.69, 9.17) is 37.8 Å². The van der Waals surface area contributed by atoms with Crippen molar-refractivity contribution in [3.8, 4) is 17.2 Å². The Morgan fingerprint density at radius 1 is 1.00 bits per heavy atom. The van der Waals surface area contributed by atoms with Crippen LogP contribution in [0, 0.1) is 0 Å². The molecule has 3 aromatic rings. The van der Waals surface area contributed by atoms with Gasteiger partial charge in [0.25, 0.3) is 0 Å². The van der Waals surface area contributed by atoms with Gasteiger partial charge in [-0.25, -0.2) is 17.9 Å². The van der Waals surface area contributed by atoms with E-state index < -0.39 is 28.6 Å². The molecule has 2 N–H and O–H groups in total. The molecule has 0 saturated carbocycles. The summed E-state index contributed by atoms with van der Waals surface area (Å²) in [6.07, 6.45) is 1.98. The summed E-state index contributed by atoms with van der Waals surface area (Å²) < 4.78 is 40.2. The Morgan fingerprint density at radius 3 is 2.47 bits per heavy atom. The third-order valence-electron chi connectivity index (χ3n) is 5.38. The minimum atomic E-state index is -3.91. The molecule has 1 aliphatic rings. The van der Waals surface area contributed by atoms with Crippen LogP contribution in [0.4, 0.5) is 0 Å². The van der Waals surface area contributed by atoms with Crippen LogP contribution >= 0.6 is 23.2 Å². The minimum Gasteiger partial charge on any atom is -0.482 e. The number of rotatable bonds is 8. The molecule has 0 amide bonds. The second-order valence-electron chi connectivity index (χ2n) is 7.70. The number of benzene rings is 3. The van der Waals surface area contributed by atoms with Crippen molar-refractivity contribution < 1.29 is 27.8 Å². The minimum absolute atomic E-state index is 0.00517. The molecule has 1 atom stereocenters. The molecule has 0 spiro atoms. The molecule has 4 rings (SSSR count). The van der Waals surface area contributed by atoms with Crippen molar-refractivity contribution in [2.45, 2.75) is 30.2 Å². The van der Waals surface area contributed by atoms with Gasteiger partial charge in [0, 0.05) is 6.04 Å². The maximum absolute atomic E-state index is 13.1. The summed E-state index contributed by atoms with van der Waals surface area (Å²) in [4.78, 5) is 10.9. The van der Waals surface area contributed by atoms with Gasteiger partial charge in [0.2, 0.25) is 10.0 Å². The molecule has 10 heteroatoms. The van der Waals surface area contributed by atoms with Crippen LogP contribution in [0.3, 0.4) is 0 Å². The molecular weight excluding hydrogens is 501 g/mol. The van der Waals surface area contributed by atoms with Crippen molar-refractivity contribution in [2.24, 2.45) is 0 Å². The highest BCUT2D eigenvalue weighted by Gasteiger charge is 2.28. The lowest BCUT2D eigenvalue weighted by molar-refractivity contribution is -0.139. The predicted molar refractivity (Wildman–Crippen MR) is 129 cm³/mol. The van der Waals surface area contributed by atoms with E-state index in [-0.39, 0.29) is 15.7 Å². The van der Waals surface area contributed by atoms with Crippen LogP contribution in [-0.4, -0.2) is 26.1 Å². The first-order valence-corrected chi connectivity index (χ1v) is 12.7. The van der Waals surface area contributed by atoms with E-state index in [9.17, 15) is 13.2 Å². The lowest BCUT2D eigenvalue weighted by Crippen LogP contribution is -2.31. The Kier molecular flexibility index (Phi) is 7.33. The number of halogens is 2. The van der Waals surface area contributed by atoms with Crippen LogP contribution in [0.15, 0.2) is 65.6 Å². The SMILES string of the molecule is O=C(O)COc1cccc2c1CCC[C@H]2NS(=O)(=O)c1ccc(Oc2ccccc2Cl)c(Cl)c1. The van der Waals surface area contributed by atoms with E-state index in [1.165, 1.54) is 18.2 Å². The van der Waals surface area contributed by atoms with Gasteiger partial charge in [0.15, 0.2) is 6.61 Å². The lowest BCUT2D eigenvalue weighted by atomic mass is 9.87. The third-order valence-corrected chi connectivity index (χ3v) is 7.46. The lowest BCUT2D eigenvalue weighted by Gasteiger charge is -2.27. The molecule has 0 unspecified atom stereocenters. The van der Waals surface area contributed by atoms with Crippen LogP contribution in [0.5, 0.6) is 17.2 Å². The highest BCUT2D eigenvalue weighted by atomic mass is 35.5. The summed E-state index contributed by atoms with van der Waals surface area (Å²) in [6, 6.07) is 15.9. The number of nitrogens with one attached hydrogen (secondary N) is 1. The van der Waals surface area contributed by atoms with Gasteiger partial charge in [0.1, 0.15) is 17.2 Å². The number of aliphatic carboxylic acids is 1. The first-order valence-electron chi connectivity index (χ1n) is 10.5. The standard InChI is InChI=1S/C24H21Cl2NO6S/c25-18-7-1-2-9-22(18)33-23-12-11-15(13-19(23)26)34(30,31)27-20-8-3-6-17-16(20)5-4-10-21(17)32-14-24(28)29/h1-2,4-5,7,9-13,20,27H,3,6,8,14H2,(H,28,29)/t20-/m1/s1. The molecule has 34 heavy (non-hydrogen) atoms. The van der Waals surface area contributed by atoms with Gasteiger partial charge in [0.05, 0.1) is 14.9 Å². The monoisotopic (exact) mass is 521 g/mol. The molecule has 178 valence electrons. The van der Waals surface area contributed by atoms with Crippen molar-refractivity contribution in [1.29, 1.82) is 0 Å². The molecule has 0 heterocycles. The smallest absolute Gasteiger partial charge is 0.341 e. The van der Waals surface area contributed by atoms with Gasteiger partial charge in [-0.1, -0.05) is 47.5 Å². The summed E-state index contributed by atoms with van der Waals surface area (Å²) in [6.45, 7) is -0.464. The van der Waals surface area contributed by atoms with E-state index in [0.29, 0.717) is 29.4 Å². The Hall–Kier alpha value is -2.78. The van der Waals surface area contributed by atoms with E-state index in [0.717, 1.165) is 17.5 Å². The molecule has 3 aromatic carbocycles. The summed E-state index contributed by atoms with van der Waals surface area (Å²) in [5, 5.41) is 9.43. The second-order valence-corrected chi connectivity index (χ2v) is 10.2. The number of carboxylic acid groups (broad SMARTS) is 1. The van der Waals surface area contributed by atoms with Crippen molar-refractivity contribution in [3.63, 3.8) is 0 Å². The van der Waals surface area contributed by atoms with E-state index in [1.54, 1.807) is 36.4 Å². The summed E-state index contributed by atoms with van der Waals surface area (Å²) >= 11 is 12.4. The molecule has 0 fully saturated rings. The van der Waals surface area contributed by atoms with Gasteiger partial charge >= 0.3 is 5.97 Å². The Bertz CT molecular complexity index is 1330. The number of fused-ring (bicyclic) bond motifs is 1. The average Bonchev–Trinajstić information content (AvgIpc) is 2.80. The Labute approximate surface area is 207 Å². The number of sulfonamides is 1. The fraction of sp³-hybridized carbons (Fsp3) is 0.208. The van der Waals surface area contributed by atoms with Gasteiger partial charge < -0.3 is 14.6 Å². The van der Waals surface area contributed by atoms with Gasteiger partial charge in [-0.3, -0.25) is 0 Å². The molecule has 7 nitrogen and oxygen atoms in total. The zero-order chi connectivity index (χ0) is 24.3. The van der Waals surface area contributed by atoms with Gasteiger partial charge in [-0.05, 0) is 66.8 Å². The maximum Gasteiger partial charge on any atom is 0.341 e. The Balaban J connectivity index is 1.55. The largest absolute Gasteiger partial charge is 0.482 e. The first kappa shape index (κ1) is 24.3. The molecule has 0 aromatic heterocycles. The highest BCUT2D eigenvalue weighted by Crippen LogP contribution is 2.38. The zero-order valence-corrected chi connectivity index (χ0v) is 20.2. The number of ether oxygens (including phenoxy) is 2. The normalized spacial score (nSPS) is 15.4. The Morgan fingerprint density at radius 2 is 1.74 bits per heavy atom. The van der Waals surface area contributed by atoms with E-state index in [1.807, 2.05) is 6.07 Å². The highest BCUT2D eigenvalue weighted by molar-refractivity contribution is 7.89. The van der Waals surface area contributed by atoms with Gasteiger partial charge in [-0.15, -0.1) is 0 Å². The van der Waals surface area contributed by atoms with Crippen LogP contribution < -0.4 is 14.2 Å². The number of para-hydroxylation sites is 1. The van der Waals surface area contributed by atoms with Crippen LogP contribution in [-0.2, 0) is 21.2 Å². The first-order chi connectivity index (χ1) is 16.2. The average molecular weight is 522 g/mol. The predicted octanol–water partition coefficient (Wildman–Crippen LogP) is 5.61. The number of hydrogen-bond acceptors (Lipinski definition) is 5. The fourth-order valence-electron chi connectivity index (χ4n) is 3.85. The quantitative estimate of drug-likeness (QED) is 0.399. The van der Waals surface area contributed by atoms with E-state index >= 15 is 0 Å². The van der Waals surface area contributed by atoms with Crippen LogP contribution in [0.2, 0.25) is 10.0 Å². The molecule has 0 aliphatic heterocycles. The third kappa shape index (κ3) is 5.47. The molecule has 0 radical (unpaired) electrons. The second kappa shape index (κ2) is 10.2. The molecule has 0 bridgehead atoms. The number of hydrogen-bond donors (Lipinski definition) is 2. The molecular formula is C24H21Cl2NO6S. The van der Waals surface area contributed by atoms with Crippen molar-refractivity contribution in [2.75, 3.05) is 6.61 Å². The summed E-state index contributed by atoms with van der Waals surface area (Å²) in [7, 11) is -3.91. The zero-order valence-electron chi connectivity index (χ0n) is 17.8. The van der Waals surface area contributed by atoms with Crippen molar-refractivity contribution >= 4 is 39.2 Å². The summed E-state index contributed by atoms with van der Waals surface area (Å²) in [5.74, 6) is 0.0499. The van der Waals surface area contributed by atoms with E-state index in [2.05, 4.69) is 4.72 Å². The number of carbonyl (C=O) groups is 1. The molecule has 0 saturated heterocycles. The van der Waals surface area contributed by atoms with Gasteiger partial charge in [-0.2, -0.15) is 0 Å². The van der Waals surface area contributed by atoms with Crippen molar-refractivity contribution in [1.82, 2.24) is 4.72 Å². The molecule has 1 aliphatic carbocycles. The van der Waals surface area contributed by atoms with Crippen LogP contribution in [0.25, 0.3) is 0 Å². The summed E-state index contributed by atoms with van der Waals surface area (Å²) in [5.41, 5.74) is 1.58. The fourth-order valence-corrected chi connectivity index (χ4v) is 5.58. The number of carboxylic acids is 1. The van der Waals surface area contributed by atoms with Crippen LogP contribution in [0.1, 0.15) is 30.0 Å². The topological polar surface area (TPSA) is 102 Å². The maximum atomic E-state index is 13.1. The van der Waals surface area contributed by atoms with Crippen molar-refractivity contribution in [3.05, 3.63) is 81.8 Å².